The third-order valence-electron chi connectivity index (χ3n) is 2.08. The average molecular weight is 248 g/mol. The van der Waals surface area contributed by atoms with Crippen molar-refractivity contribution in [2.45, 2.75) is 31.2 Å². The standard InChI is InChI=1S/C9H10F2N2O2S/c1-4-5(2)12-8(13-6(4)3)16-9(10,11)7(14)15/h1-3H3,(H,14,15). The maximum absolute atomic E-state index is 12.9. The van der Waals surface area contributed by atoms with Crippen LogP contribution >= 0.6 is 11.8 Å². The number of carbonyl (C=O) groups is 1. The van der Waals surface area contributed by atoms with Gasteiger partial charge in [0.2, 0.25) is 0 Å². The monoisotopic (exact) mass is 248 g/mol. The minimum atomic E-state index is -3.91. The van der Waals surface area contributed by atoms with Crippen LogP contribution in [0.15, 0.2) is 5.16 Å². The number of aryl methyl sites for hydroxylation is 2. The van der Waals surface area contributed by atoms with Gasteiger partial charge in [-0.05, 0) is 26.3 Å². The summed E-state index contributed by atoms with van der Waals surface area (Å²) in [7, 11) is 0. The van der Waals surface area contributed by atoms with Gasteiger partial charge in [-0.15, -0.1) is 0 Å². The first kappa shape index (κ1) is 12.8. The second kappa shape index (κ2) is 4.32. The first-order valence-electron chi connectivity index (χ1n) is 4.36. The summed E-state index contributed by atoms with van der Waals surface area (Å²) in [4.78, 5) is 17.9. The number of alkyl halides is 2. The molecule has 1 aromatic rings. The van der Waals surface area contributed by atoms with Crippen LogP contribution < -0.4 is 0 Å². The average Bonchev–Trinajstić information content (AvgIpc) is 2.13. The molecule has 1 heterocycles. The topological polar surface area (TPSA) is 63.1 Å². The third kappa shape index (κ3) is 2.66. The lowest BCUT2D eigenvalue weighted by atomic mass is 10.2. The number of aliphatic carboxylic acids is 1. The van der Waals surface area contributed by atoms with E-state index in [0.717, 1.165) is 5.56 Å². The molecular formula is C9H10F2N2O2S. The Labute approximate surface area is 95.1 Å². The second-order valence-corrected chi connectivity index (χ2v) is 4.31. The van der Waals surface area contributed by atoms with Gasteiger partial charge in [-0.1, -0.05) is 0 Å². The van der Waals surface area contributed by atoms with Gasteiger partial charge in [0.25, 0.3) is 0 Å². The number of hydrogen-bond acceptors (Lipinski definition) is 4. The molecule has 0 unspecified atom stereocenters. The number of hydrogen-bond donors (Lipinski definition) is 1. The normalized spacial score (nSPS) is 11.6. The van der Waals surface area contributed by atoms with Gasteiger partial charge in [0, 0.05) is 23.1 Å². The zero-order chi connectivity index (χ0) is 12.5. The van der Waals surface area contributed by atoms with E-state index in [1.165, 1.54) is 0 Å². The molecule has 7 heteroatoms. The summed E-state index contributed by atoms with van der Waals surface area (Å²) < 4.78 is 25.8. The van der Waals surface area contributed by atoms with Gasteiger partial charge in [0.05, 0.1) is 0 Å². The third-order valence-corrected chi connectivity index (χ3v) is 2.88. The zero-order valence-electron chi connectivity index (χ0n) is 8.91. The summed E-state index contributed by atoms with van der Waals surface area (Å²) in [6, 6.07) is 0. The molecule has 0 aromatic carbocycles. The number of thioether (sulfide) groups is 1. The SMILES string of the molecule is Cc1nc(SC(F)(F)C(=O)O)nc(C)c1C. The molecule has 0 amide bonds. The van der Waals surface area contributed by atoms with Gasteiger partial charge < -0.3 is 5.11 Å². The molecule has 0 spiro atoms. The van der Waals surface area contributed by atoms with Crippen molar-refractivity contribution in [2.24, 2.45) is 0 Å². The van der Waals surface area contributed by atoms with Crippen molar-refractivity contribution >= 4 is 17.7 Å². The fraction of sp³-hybridized carbons (Fsp3) is 0.444. The van der Waals surface area contributed by atoms with Crippen molar-refractivity contribution in [2.75, 3.05) is 0 Å². The molecule has 0 aliphatic carbocycles. The van der Waals surface area contributed by atoms with Crippen LogP contribution in [0.2, 0.25) is 0 Å². The molecule has 4 nitrogen and oxygen atoms in total. The molecule has 1 rings (SSSR count). The molecule has 0 aliphatic heterocycles. The molecule has 0 radical (unpaired) electrons. The van der Waals surface area contributed by atoms with Crippen LogP contribution in [-0.2, 0) is 4.79 Å². The Bertz CT molecular complexity index is 415. The fourth-order valence-electron chi connectivity index (χ4n) is 0.945. The Kier molecular flexibility index (Phi) is 3.47. The van der Waals surface area contributed by atoms with Crippen LogP contribution in [0.5, 0.6) is 0 Å². The highest BCUT2D eigenvalue weighted by Gasteiger charge is 2.41. The van der Waals surface area contributed by atoms with E-state index in [9.17, 15) is 13.6 Å². The Morgan fingerprint density at radius 2 is 1.69 bits per heavy atom. The molecule has 0 saturated heterocycles. The van der Waals surface area contributed by atoms with Crippen molar-refractivity contribution in [3.05, 3.63) is 17.0 Å². The van der Waals surface area contributed by atoms with E-state index in [-0.39, 0.29) is 16.9 Å². The lowest BCUT2D eigenvalue weighted by molar-refractivity contribution is -0.152. The Balaban J connectivity index is 3.04. The summed E-state index contributed by atoms with van der Waals surface area (Å²) in [6.45, 7) is 5.09. The van der Waals surface area contributed by atoms with Gasteiger partial charge in [0.1, 0.15) is 0 Å². The smallest absolute Gasteiger partial charge is 0.395 e. The van der Waals surface area contributed by atoms with Crippen molar-refractivity contribution in [1.29, 1.82) is 0 Å². The quantitative estimate of drug-likeness (QED) is 0.656. The predicted octanol–water partition coefficient (Wildman–Crippen LogP) is 2.17. The van der Waals surface area contributed by atoms with Gasteiger partial charge in [-0.2, -0.15) is 8.78 Å². The minimum Gasteiger partial charge on any atom is -0.476 e. The summed E-state index contributed by atoms with van der Waals surface area (Å²) >= 11 is -0.164. The van der Waals surface area contributed by atoms with E-state index < -0.39 is 11.2 Å². The number of nitrogens with zero attached hydrogens (tertiary/aromatic N) is 2. The molecule has 0 atom stereocenters. The van der Waals surface area contributed by atoms with Crippen molar-refractivity contribution < 1.29 is 18.7 Å². The fourth-order valence-corrected chi connectivity index (χ4v) is 1.63. The van der Waals surface area contributed by atoms with Crippen molar-refractivity contribution in [3.63, 3.8) is 0 Å². The van der Waals surface area contributed by atoms with Gasteiger partial charge >= 0.3 is 11.2 Å². The summed E-state index contributed by atoms with van der Waals surface area (Å²) in [5.74, 6) is -2.20. The summed E-state index contributed by atoms with van der Waals surface area (Å²) in [6.07, 6.45) is 0. The number of aromatic nitrogens is 2. The van der Waals surface area contributed by atoms with Gasteiger partial charge in [-0.3, -0.25) is 0 Å². The van der Waals surface area contributed by atoms with Crippen LogP contribution in [0.3, 0.4) is 0 Å². The lowest BCUT2D eigenvalue weighted by Gasteiger charge is -2.11. The van der Waals surface area contributed by atoms with E-state index in [1.54, 1.807) is 20.8 Å². The minimum absolute atomic E-state index is 0.164. The predicted molar refractivity (Wildman–Crippen MR) is 54.7 cm³/mol. The Hall–Kier alpha value is -1.24. The molecule has 1 N–H and O–H groups in total. The van der Waals surface area contributed by atoms with Crippen LogP contribution in [0.1, 0.15) is 17.0 Å². The first-order chi connectivity index (χ1) is 7.24. The van der Waals surface area contributed by atoms with E-state index in [4.69, 9.17) is 5.11 Å². The highest BCUT2D eigenvalue weighted by Crippen LogP contribution is 2.34. The molecule has 16 heavy (non-hydrogen) atoms. The summed E-state index contributed by atoms with van der Waals surface area (Å²) in [5, 5.41) is 4.13. The number of halogens is 2. The maximum atomic E-state index is 12.9. The van der Waals surface area contributed by atoms with Crippen LogP contribution in [0.25, 0.3) is 0 Å². The molecular weight excluding hydrogens is 238 g/mol. The molecule has 0 fully saturated rings. The lowest BCUT2D eigenvalue weighted by Crippen LogP contribution is -2.24. The highest BCUT2D eigenvalue weighted by atomic mass is 32.2. The van der Waals surface area contributed by atoms with E-state index >= 15 is 0 Å². The molecule has 88 valence electrons. The summed E-state index contributed by atoms with van der Waals surface area (Å²) in [5.41, 5.74) is 1.94. The molecule has 0 saturated carbocycles. The highest BCUT2D eigenvalue weighted by molar-refractivity contribution is 8.00. The Morgan fingerprint density at radius 1 is 1.25 bits per heavy atom. The van der Waals surface area contributed by atoms with Crippen molar-refractivity contribution in [1.82, 2.24) is 9.97 Å². The molecule has 1 aromatic heterocycles. The van der Waals surface area contributed by atoms with E-state index in [2.05, 4.69) is 9.97 Å². The number of carboxylic acids is 1. The largest absolute Gasteiger partial charge is 0.476 e. The van der Waals surface area contributed by atoms with E-state index in [1.807, 2.05) is 0 Å². The van der Waals surface area contributed by atoms with Crippen molar-refractivity contribution in [3.8, 4) is 0 Å². The first-order valence-corrected chi connectivity index (χ1v) is 5.17. The second-order valence-electron chi connectivity index (χ2n) is 3.23. The molecule has 0 aliphatic rings. The Morgan fingerprint density at radius 3 is 2.06 bits per heavy atom. The maximum Gasteiger partial charge on any atom is 0.395 e. The van der Waals surface area contributed by atoms with E-state index in [0.29, 0.717) is 11.4 Å². The van der Waals surface area contributed by atoms with Crippen LogP contribution in [0, 0.1) is 20.8 Å². The van der Waals surface area contributed by atoms with Gasteiger partial charge in [-0.25, -0.2) is 14.8 Å². The van der Waals surface area contributed by atoms with Gasteiger partial charge in [0.15, 0.2) is 5.16 Å². The number of rotatable bonds is 3. The number of carboxylic acid groups (broad SMARTS) is 1. The van der Waals surface area contributed by atoms with Crippen LogP contribution in [0.4, 0.5) is 8.78 Å². The molecule has 0 bridgehead atoms. The van der Waals surface area contributed by atoms with Crippen LogP contribution in [-0.4, -0.2) is 26.3 Å². The zero-order valence-corrected chi connectivity index (χ0v) is 9.73.